The van der Waals surface area contributed by atoms with Gasteiger partial charge >= 0.3 is 0 Å². The number of piperidine rings is 1. The number of nitrogens with one attached hydrogen (secondary N) is 2. The molecule has 1 saturated heterocycles. The summed E-state index contributed by atoms with van der Waals surface area (Å²) in [6.45, 7) is 2.86. The van der Waals surface area contributed by atoms with E-state index in [1.54, 1.807) is 6.07 Å². The fourth-order valence-corrected chi connectivity index (χ4v) is 3.81. The number of carbonyl (C=O) groups is 1. The zero-order valence-corrected chi connectivity index (χ0v) is 17.0. The molecular weight excluding hydrogens is 376 g/mol. The van der Waals surface area contributed by atoms with Crippen molar-refractivity contribution in [3.63, 3.8) is 0 Å². The van der Waals surface area contributed by atoms with Crippen molar-refractivity contribution >= 4 is 29.2 Å². The normalized spacial score (nSPS) is 17.5. The summed E-state index contributed by atoms with van der Waals surface area (Å²) in [6.07, 6.45) is 6.70. The third-order valence-electron chi connectivity index (χ3n) is 5.71. The van der Waals surface area contributed by atoms with E-state index >= 15 is 0 Å². The van der Waals surface area contributed by atoms with E-state index in [1.807, 2.05) is 23.1 Å². The lowest BCUT2D eigenvalue weighted by atomic mass is 10.0. The highest BCUT2D eigenvalue weighted by Gasteiger charge is 2.25. The molecule has 1 amide bonds. The van der Waals surface area contributed by atoms with E-state index in [1.165, 1.54) is 12.8 Å². The van der Waals surface area contributed by atoms with Gasteiger partial charge in [0, 0.05) is 32.0 Å². The second kappa shape index (κ2) is 9.52. The summed E-state index contributed by atoms with van der Waals surface area (Å²) in [4.78, 5) is 33.9. The van der Waals surface area contributed by atoms with E-state index in [-0.39, 0.29) is 23.9 Å². The fraction of sp³-hybridized carbons (Fsp3) is 0.571. The Hall–Kier alpha value is -1.92. The third kappa shape index (κ3) is 5.32. The van der Waals surface area contributed by atoms with Gasteiger partial charge in [0.1, 0.15) is 5.82 Å². The van der Waals surface area contributed by atoms with Gasteiger partial charge in [0.05, 0.1) is 10.9 Å². The molecule has 6 nitrogen and oxygen atoms in total. The summed E-state index contributed by atoms with van der Waals surface area (Å²) in [5.41, 5.74) is 0.603. The Bertz CT molecular complexity index is 857. The molecule has 152 valence electrons. The molecule has 7 heteroatoms. The van der Waals surface area contributed by atoms with Crippen LogP contribution in [0.25, 0.3) is 10.9 Å². The topological polar surface area (TPSA) is 78.1 Å². The Morgan fingerprint density at radius 3 is 2.68 bits per heavy atom. The molecule has 1 aromatic heterocycles. The highest BCUT2D eigenvalue weighted by molar-refractivity contribution is 5.85. The molecule has 2 heterocycles. The molecule has 1 aliphatic carbocycles. The average molecular weight is 405 g/mol. The van der Waals surface area contributed by atoms with Crippen LogP contribution in [0.3, 0.4) is 0 Å². The molecule has 0 radical (unpaired) electrons. The van der Waals surface area contributed by atoms with Gasteiger partial charge in [-0.25, -0.2) is 4.98 Å². The molecular formula is C21H29ClN4O2. The minimum absolute atomic E-state index is 0. The molecule has 2 aliphatic rings. The number of rotatable bonds is 7. The summed E-state index contributed by atoms with van der Waals surface area (Å²) in [6, 6.07) is 7.91. The van der Waals surface area contributed by atoms with Gasteiger partial charge in [-0.2, -0.15) is 0 Å². The van der Waals surface area contributed by atoms with Crippen LogP contribution in [0.1, 0.15) is 44.3 Å². The number of halogens is 1. The van der Waals surface area contributed by atoms with Crippen LogP contribution in [0.5, 0.6) is 0 Å². The number of amides is 1. The first kappa shape index (κ1) is 20.8. The molecule has 1 aliphatic heterocycles. The van der Waals surface area contributed by atoms with Crippen LogP contribution < -0.4 is 10.9 Å². The smallest absolute Gasteiger partial charge is 0.258 e. The number of fused-ring (bicyclic) bond motifs is 1. The minimum Gasteiger partial charge on any atom is -0.343 e. The number of hydrogen-bond donors (Lipinski definition) is 2. The van der Waals surface area contributed by atoms with Crippen molar-refractivity contribution in [1.29, 1.82) is 0 Å². The summed E-state index contributed by atoms with van der Waals surface area (Å²) in [5, 5.41) is 4.25. The largest absolute Gasteiger partial charge is 0.343 e. The van der Waals surface area contributed by atoms with Crippen LogP contribution in [0.4, 0.5) is 0 Å². The van der Waals surface area contributed by atoms with E-state index in [9.17, 15) is 9.59 Å². The second-order valence-electron chi connectivity index (χ2n) is 7.89. The molecule has 0 atom stereocenters. The van der Waals surface area contributed by atoms with Gasteiger partial charge in [-0.3, -0.25) is 9.59 Å². The quantitative estimate of drug-likeness (QED) is 0.743. The summed E-state index contributed by atoms with van der Waals surface area (Å²) in [7, 11) is 0. The fourth-order valence-electron chi connectivity index (χ4n) is 3.81. The number of para-hydroxylation sites is 1. The van der Waals surface area contributed by atoms with Gasteiger partial charge in [-0.1, -0.05) is 12.1 Å². The van der Waals surface area contributed by atoms with Crippen LogP contribution in [-0.2, 0) is 11.2 Å². The Morgan fingerprint density at radius 2 is 1.93 bits per heavy atom. The van der Waals surface area contributed by atoms with Gasteiger partial charge in [-0.05, 0) is 56.7 Å². The molecule has 28 heavy (non-hydrogen) atoms. The Balaban J connectivity index is 0.00000225. The molecule has 0 spiro atoms. The van der Waals surface area contributed by atoms with Crippen molar-refractivity contribution in [3.05, 3.63) is 40.4 Å². The van der Waals surface area contributed by atoms with E-state index in [0.717, 1.165) is 38.4 Å². The highest BCUT2D eigenvalue weighted by atomic mass is 35.5. The van der Waals surface area contributed by atoms with Gasteiger partial charge in [0.2, 0.25) is 5.91 Å². The first-order chi connectivity index (χ1) is 13.2. The molecule has 0 unspecified atom stereocenters. The molecule has 2 N–H and O–H groups in total. The first-order valence-corrected chi connectivity index (χ1v) is 10.2. The average Bonchev–Trinajstić information content (AvgIpc) is 3.51. The Kier molecular flexibility index (Phi) is 7.08. The molecule has 1 saturated carbocycles. The number of nitrogens with zero attached hydrogens (tertiary/aromatic N) is 2. The molecule has 0 bridgehead atoms. The third-order valence-corrected chi connectivity index (χ3v) is 5.71. The first-order valence-electron chi connectivity index (χ1n) is 10.2. The maximum absolute atomic E-state index is 12.5. The van der Waals surface area contributed by atoms with Crippen molar-refractivity contribution in [3.8, 4) is 0 Å². The van der Waals surface area contributed by atoms with E-state index in [0.29, 0.717) is 42.0 Å². The van der Waals surface area contributed by atoms with Gasteiger partial charge in [0.25, 0.3) is 5.56 Å². The maximum Gasteiger partial charge on any atom is 0.258 e. The zero-order valence-electron chi connectivity index (χ0n) is 16.2. The predicted octanol–water partition coefficient (Wildman–Crippen LogP) is 2.66. The lowest BCUT2D eigenvalue weighted by Gasteiger charge is -2.32. The summed E-state index contributed by atoms with van der Waals surface area (Å²) in [5.74, 6) is 1.79. The number of benzene rings is 1. The van der Waals surface area contributed by atoms with E-state index in [4.69, 9.17) is 0 Å². The molecule has 1 aromatic carbocycles. The number of hydrogen-bond acceptors (Lipinski definition) is 4. The highest BCUT2D eigenvalue weighted by Crippen LogP contribution is 2.28. The van der Waals surface area contributed by atoms with Gasteiger partial charge < -0.3 is 15.2 Å². The predicted molar refractivity (Wildman–Crippen MR) is 113 cm³/mol. The molecule has 2 aromatic rings. The monoisotopic (exact) mass is 404 g/mol. The second-order valence-corrected chi connectivity index (χ2v) is 7.89. The number of carbonyl (C=O) groups excluding carboxylic acids is 1. The van der Waals surface area contributed by atoms with Crippen molar-refractivity contribution in [2.45, 2.75) is 51.0 Å². The van der Waals surface area contributed by atoms with E-state index in [2.05, 4.69) is 15.3 Å². The van der Waals surface area contributed by atoms with Crippen LogP contribution >= 0.6 is 12.4 Å². The molecule has 4 rings (SSSR count). The lowest BCUT2D eigenvalue weighted by Crippen LogP contribution is -2.45. The van der Waals surface area contributed by atoms with Crippen LogP contribution in [0, 0.1) is 5.92 Å². The molecule has 2 fully saturated rings. The SMILES string of the molecule is Cl.O=C(CCCc1nc2ccccc2c(=O)[nH]1)N1CCC(NCC2CC2)CC1. The Morgan fingerprint density at radius 1 is 1.18 bits per heavy atom. The number of aromatic nitrogens is 2. The number of H-pyrrole nitrogens is 1. The standard InChI is InChI=1S/C21H28N4O2.ClH/c26-20(25-12-10-16(11-13-25)22-14-15-8-9-15)7-3-6-19-23-18-5-2-1-4-17(18)21(27)24-19;/h1-2,4-5,15-16,22H,3,6-14H2,(H,23,24,27);1H. The number of likely N-dealkylation sites (tertiary alicyclic amines) is 1. The van der Waals surface area contributed by atoms with Crippen molar-refractivity contribution in [1.82, 2.24) is 20.2 Å². The summed E-state index contributed by atoms with van der Waals surface area (Å²) >= 11 is 0. The van der Waals surface area contributed by atoms with Crippen LogP contribution in [0.2, 0.25) is 0 Å². The van der Waals surface area contributed by atoms with Gasteiger partial charge in [0.15, 0.2) is 0 Å². The Labute approximate surface area is 171 Å². The van der Waals surface area contributed by atoms with E-state index < -0.39 is 0 Å². The van der Waals surface area contributed by atoms with Crippen molar-refractivity contribution in [2.75, 3.05) is 19.6 Å². The maximum atomic E-state index is 12.5. The van der Waals surface area contributed by atoms with Crippen molar-refractivity contribution in [2.24, 2.45) is 5.92 Å². The summed E-state index contributed by atoms with van der Waals surface area (Å²) < 4.78 is 0. The minimum atomic E-state index is -0.109. The van der Waals surface area contributed by atoms with Crippen LogP contribution in [0.15, 0.2) is 29.1 Å². The zero-order chi connectivity index (χ0) is 18.6. The number of aromatic amines is 1. The van der Waals surface area contributed by atoms with Crippen molar-refractivity contribution < 1.29 is 4.79 Å². The lowest BCUT2D eigenvalue weighted by molar-refractivity contribution is -0.132. The number of aryl methyl sites for hydroxylation is 1. The van der Waals surface area contributed by atoms with Crippen LogP contribution in [-0.4, -0.2) is 46.5 Å². The van der Waals surface area contributed by atoms with Gasteiger partial charge in [-0.15, -0.1) is 12.4 Å².